The third-order valence-electron chi connectivity index (χ3n) is 1.75. The van der Waals surface area contributed by atoms with E-state index in [4.69, 9.17) is 9.84 Å². The van der Waals surface area contributed by atoms with Crippen LogP contribution in [0.4, 0.5) is 4.79 Å². The van der Waals surface area contributed by atoms with Crippen LogP contribution in [0.15, 0.2) is 0 Å². The molecule has 0 aromatic rings. The van der Waals surface area contributed by atoms with Gasteiger partial charge in [0.15, 0.2) is 0 Å². The summed E-state index contributed by atoms with van der Waals surface area (Å²) in [6, 6.07) is -1.30. The molecule has 0 unspecified atom stereocenters. The maximum atomic E-state index is 11.4. The molecule has 0 aromatic carbocycles. The summed E-state index contributed by atoms with van der Waals surface area (Å²) in [7, 11) is 0. The summed E-state index contributed by atoms with van der Waals surface area (Å²) in [5.74, 6) is -1.73. The number of carbonyl (C=O) groups is 3. The van der Waals surface area contributed by atoms with Crippen LogP contribution in [0, 0.1) is 0 Å². The quantitative estimate of drug-likeness (QED) is 0.667. The molecule has 0 aromatic heterocycles. The molecule has 0 radical (unpaired) electrons. The standard InChI is InChI=1S/C11H20N2O5/c1-5-12-8(14)6-7(9(15)16)13-10(17)18-11(2,3)4/h7H,5-6H2,1-4H3,(H,12,14)(H,13,17)(H,15,16)/t7-/m1/s1. The van der Waals surface area contributed by atoms with Gasteiger partial charge in [0, 0.05) is 6.54 Å². The second-order valence-corrected chi connectivity index (χ2v) is 4.69. The zero-order valence-corrected chi connectivity index (χ0v) is 11.1. The van der Waals surface area contributed by atoms with E-state index in [0.717, 1.165) is 0 Å². The summed E-state index contributed by atoms with van der Waals surface area (Å²) in [5.41, 5.74) is -0.723. The van der Waals surface area contributed by atoms with Crippen molar-refractivity contribution in [1.29, 1.82) is 0 Å². The van der Waals surface area contributed by atoms with Crippen LogP contribution in [-0.4, -0.2) is 41.3 Å². The first-order valence-electron chi connectivity index (χ1n) is 5.64. The SMILES string of the molecule is CCNC(=O)C[C@@H](NC(=O)OC(C)(C)C)C(=O)O. The molecule has 0 aliphatic heterocycles. The van der Waals surface area contributed by atoms with Crippen LogP contribution in [0.5, 0.6) is 0 Å². The number of rotatable bonds is 5. The number of carboxylic acid groups (broad SMARTS) is 1. The van der Waals surface area contributed by atoms with Crippen molar-refractivity contribution in [3.05, 3.63) is 0 Å². The Morgan fingerprint density at radius 1 is 1.28 bits per heavy atom. The van der Waals surface area contributed by atoms with Gasteiger partial charge in [0.05, 0.1) is 6.42 Å². The smallest absolute Gasteiger partial charge is 0.408 e. The minimum absolute atomic E-state index is 0.331. The number of nitrogens with one attached hydrogen (secondary N) is 2. The Hall–Kier alpha value is -1.79. The fourth-order valence-electron chi connectivity index (χ4n) is 1.10. The van der Waals surface area contributed by atoms with E-state index in [1.54, 1.807) is 27.7 Å². The minimum atomic E-state index is -1.30. The molecule has 104 valence electrons. The molecule has 0 heterocycles. The molecule has 18 heavy (non-hydrogen) atoms. The Morgan fingerprint density at radius 2 is 1.83 bits per heavy atom. The van der Waals surface area contributed by atoms with Crippen molar-refractivity contribution in [2.75, 3.05) is 6.54 Å². The van der Waals surface area contributed by atoms with E-state index in [1.807, 2.05) is 0 Å². The van der Waals surface area contributed by atoms with E-state index in [2.05, 4.69) is 10.6 Å². The zero-order valence-electron chi connectivity index (χ0n) is 11.1. The van der Waals surface area contributed by atoms with Crippen LogP contribution in [-0.2, 0) is 14.3 Å². The first-order chi connectivity index (χ1) is 8.15. The Balaban J connectivity index is 4.41. The lowest BCUT2D eigenvalue weighted by atomic mass is 10.2. The van der Waals surface area contributed by atoms with Crippen LogP contribution in [0.3, 0.4) is 0 Å². The molecule has 7 nitrogen and oxygen atoms in total. The second kappa shape index (κ2) is 6.83. The number of carboxylic acids is 1. The first kappa shape index (κ1) is 16.2. The van der Waals surface area contributed by atoms with Gasteiger partial charge in [0.1, 0.15) is 11.6 Å². The first-order valence-corrected chi connectivity index (χ1v) is 5.64. The molecular weight excluding hydrogens is 240 g/mol. The number of hydrogen-bond acceptors (Lipinski definition) is 4. The summed E-state index contributed by atoms with van der Waals surface area (Å²) in [6.45, 7) is 7.09. The molecule has 7 heteroatoms. The van der Waals surface area contributed by atoms with E-state index in [1.165, 1.54) is 0 Å². The fourth-order valence-corrected chi connectivity index (χ4v) is 1.10. The topological polar surface area (TPSA) is 105 Å². The van der Waals surface area contributed by atoms with E-state index >= 15 is 0 Å². The van der Waals surface area contributed by atoms with Crippen LogP contribution < -0.4 is 10.6 Å². The van der Waals surface area contributed by atoms with Gasteiger partial charge >= 0.3 is 12.1 Å². The Kier molecular flexibility index (Phi) is 6.15. The van der Waals surface area contributed by atoms with E-state index < -0.39 is 29.6 Å². The molecule has 0 saturated carbocycles. The largest absolute Gasteiger partial charge is 0.480 e. The van der Waals surface area contributed by atoms with Gasteiger partial charge in [0.25, 0.3) is 0 Å². The summed E-state index contributed by atoms with van der Waals surface area (Å²) >= 11 is 0. The molecular formula is C11H20N2O5. The zero-order chi connectivity index (χ0) is 14.3. The number of hydrogen-bond donors (Lipinski definition) is 3. The number of alkyl carbamates (subject to hydrolysis) is 1. The maximum Gasteiger partial charge on any atom is 0.408 e. The van der Waals surface area contributed by atoms with Crippen LogP contribution >= 0.6 is 0 Å². The molecule has 0 rings (SSSR count). The van der Waals surface area contributed by atoms with Crippen LogP contribution in [0.1, 0.15) is 34.1 Å². The summed E-state index contributed by atoms with van der Waals surface area (Å²) in [4.78, 5) is 33.5. The van der Waals surface area contributed by atoms with Gasteiger partial charge in [-0.15, -0.1) is 0 Å². The van der Waals surface area contributed by atoms with Gasteiger partial charge in [-0.25, -0.2) is 9.59 Å². The second-order valence-electron chi connectivity index (χ2n) is 4.69. The fraction of sp³-hybridized carbons (Fsp3) is 0.727. The highest BCUT2D eigenvalue weighted by Gasteiger charge is 2.25. The average Bonchev–Trinajstić information content (AvgIpc) is 2.13. The lowest BCUT2D eigenvalue weighted by Crippen LogP contribution is -2.46. The number of ether oxygens (including phenoxy) is 1. The van der Waals surface area contributed by atoms with Crippen molar-refractivity contribution in [2.45, 2.75) is 45.8 Å². The predicted octanol–water partition coefficient (Wildman–Crippen LogP) is 0.491. The van der Waals surface area contributed by atoms with Gasteiger partial charge in [0.2, 0.25) is 5.91 Å². The van der Waals surface area contributed by atoms with Gasteiger partial charge in [-0.3, -0.25) is 4.79 Å². The highest BCUT2D eigenvalue weighted by molar-refractivity contribution is 5.87. The van der Waals surface area contributed by atoms with Crippen molar-refractivity contribution < 1.29 is 24.2 Å². The van der Waals surface area contributed by atoms with Crippen molar-refractivity contribution in [2.24, 2.45) is 0 Å². The molecule has 1 atom stereocenters. The van der Waals surface area contributed by atoms with Gasteiger partial charge < -0.3 is 20.5 Å². The molecule has 0 aliphatic carbocycles. The van der Waals surface area contributed by atoms with E-state index in [0.29, 0.717) is 6.54 Å². The Bertz CT molecular complexity index is 322. The lowest BCUT2D eigenvalue weighted by Gasteiger charge is -2.21. The number of amides is 2. The highest BCUT2D eigenvalue weighted by Crippen LogP contribution is 2.07. The molecule has 0 spiro atoms. The minimum Gasteiger partial charge on any atom is -0.480 e. The van der Waals surface area contributed by atoms with Crippen LogP contribution in [0.25, 0.3) is 0 Å². The third kappa shape index (κ3) is 7.48. The molecule has 0 aliphatic rings. The van der Waals surface area contributed by atoms with E-state index in [-0.39, 0.29) is 6.42 Å². The van der Waals surface area contributed by atoms with Crippen molar-refractivity contribution in [3.63, 3.8) is 0 Å². The highest BCUT2D eigenvalue weighted by atomic mass is 16.6. The molecule has 2 amide bonds. The number of aliphatic carboxylic acids is 1. The Morgan fingerprint density at radius 3 is 2.22 bits per heavy atom. The van der Waals surface area contributed by atoms with Gasteiger partial charge in [-0.2, -0.15) is 0 Å². The maximum absolute atomic E-state index is 11.4. The van der Waals surface area contributed by atoms with Gasteiger partial charge in [-0.05, 0) is 27.7 Å². The molecule has 0 bridgehead atoms. The van der Waals surface area contributed by atoms with Gasteiger partial charge in [-0.1, -0.05) is 0 Å². The molecule has 3 N–H and O–H groups in total. The molecule has 0 saturated heterocycles. The summed E-state index contributed by atoms with van der Waals surface area (Å²) in [5, 5.41) is 13.5. The summed E-state index contributed by atoms with van der Waals surface area (Å²) < 4.78 is 4.91. The Labute approximate surface area is 106 Å². The lowest BCUT2D eigenvalue weighted by molar-refractivity contribution is -0.141. The van der Waals surface area contributed by atoms with Crippen molar-refractivity contribution in [1.82, 2.24) is 10.6 Å². The normalized spacial score (nSPS) is 12.4. The monoisotopic (exact) mass is 260 g/mol. The summed E-state index contributed by atoms with van der Waals surface area (Å²) in [6.07, 6.45) is -1.19. The average molecular weight is 260 g/mol. The third-order valence-corrected chi connectivity index (χ3v) is 1.75. The number of carbonyl (C=O) groups excluding carboxylic acids is 2. The van der Waals surface area contributed by atoms with E-state index in [9.17, 15) is 14.4 Å². The predicted molar refractivity (Wildman–Crippen MR) is 64.1 cm³/mol. The molecule has 0 fully saturated rings. The van der Waals surface area contributed by atoms with Crippen molar-refractivity contribution >= 4 is 18.0 Å². The van der Waals surface area contributed by atoms with Crippen molar-refractivity contribution in [3.8, 4) is 0 Å². The van der Waals surface area contributed by atoms with Crippen LogP contribution in [0.2, 0.25) is 0 Å².